The second kappa shape index (κ2) is 10.6. The van der Waals surface area contributed by atoms with Crippen molar-refractivity contribution in [2.24, 2.45) is 5.73 Å². The Labute approximate surface area is 223 Å². The number of carbonyl (C=O) groups is 2. The number of anilines is 1. The Bertz CT molecular complexity index is 1340. The molecule has 1 aliphatic heterocycles. The molecule has 1 saturated heterocycles. The first-order chi connectivity index (χ1) is 18.2. The first kappa shape index (κ1) is 28.0. The van der Waals surface area contributed by atoms with E-state index in [4.69, 9.17) is 16.2 Å². The summed E-state index contributed by atoms with van der Waals surface area (Å²) in [6.45, 7) is 6.62. The minimum atomic E-state index is -4.41. The van der Waals surface area contributed by atoms with E-state index in [0.29, 0.717) is 43.5 Å². The van der Waals surface area contributed by atoms with E-state index in [1.807, 2.05) is 20.8 Å². The van der Waals surface area contributed by atoms with E-state index in [0.717, 1.165) is 12.1 Å². The van der Waals surface area contributed by atoms with E-state index in [-0.39, 0.29) is 35.8 Å². The zero-order chi connectivity index (χ0) is 28.5. The summed E-state index contributed by atoms with van der Waals surface area (Å²) < 4.78 is 47.2. The zero-order valence-corrected chi connectivity index (χ0v) is 22.0. The Morgan fingerprint density at radius 2 is 1.79 bits per heavy atom. The van der Waals surface area contributed by atoms with Gasteiger partial charge in [0, 0.05) is 24.8 Å². The predicted molar refractivity (Wildman–Crippen MR) is 138 cm³/mol. The Kier molecular flexibility index (Phi) is 7.62. The quantitative estimate of drug-likeness (QED) is 0.485. The summed E-state index contributed by atoms with van der Waals surface area (Å²) in [4.78, 5) is 26.6. The van der Waals surface area contributed by atoms with Crippen molar-refractivity contribution in [2.75, 3.05) is 18.8 Å². The van der Waals surface area contributed by atoms with E-state index < -0.39 is 23.2 Å². The molecule has 0 radical (unpaired) electrons. The Hall–Kier alpha value is -4.03. The topological polar surface area (TPSA) is 134 Å². The molecule has 4 N–H and O–H groups in total. The van der Waals surface area contributed by atoms with Crippen LogP contribution in [0.25, 0.3) is 11.3 Å². The summed E-state index contributed by atoms with van der Waals surface area (Å²) in [6, 6.07) is 4.64. The van der Waals surface area contributed by atoms with Gasteiger partial charge in [-0.1, -0.05) is 12.1 Å². The van der Waals surface area contributed by atoms with Crippen LogP contribution >= 0.6 is 0 Å². The highest BCUT2D eigenvalue weighted by molar-refractivity contribution is 6.03. The maximum Gasteiger partial charge on any atom is 0.416 e. The van der Waals surface area contributed by atoms with Crippen LogP contribution in [0.4, 0.5) is 23.8 Å². The summed E-state index contributed by atoms with van der Waals surface area (Å²) in [6.07, 6.45) is 0.261. The number of nitrogen functional groups attached to an aromatic ring is 1. The molecule has 1 atom stereocenters. The van der Waals surface area contributed by atoms with Crippen LogP contribution in [-0.2, 0) is 17.5 Å². The van der Waals surface area contributed by atoms with Gasteiger partial charge in [0.15, 0.2) is 0 Å². The van der Waals surface area contributed by atoms with Crippen LogP contribution in [0.2, 0.25) is 0 Å². The Morgan fingerprint density at radius 3 is 2.41 bits per heavy atom. The van der Waals surface area contributed by atoms with Gasteiger partial charge in [-0.05, 0) is 57.7 Å². The van der Waals surface area contributed by atoms with Gasteiger partial charge in [-0.3, -0.25) is 9.48 Å². The lowest BCUT2D eigenvalue weighted by Crippen LogP contribution is -2.37. The smallest absolute Gasteiger partial charge is 0.416 e. The molecule has 3 heterocycles. The van der Waals surface area contributed by atoms with Gasteiger partial charge >= 0.3 is 12.3 Å². The van der Waals surface area contributed by atoms with Crippen LogP contribution < -0.4 is 11.5 Å². The molecule has 0 unspecified atom stereocenters. The SMILES string of the molecule is CC(C)(C)OC(=O)N1CCC[C@H](n2nc(-c3cnn(Cc4ccc(C(F)(F)F)cc4)c3)c(C(N)=O)c2N)CC1. The van der Waals surface area contributed by atoms with Gasteiger partial charge in [-0.15, -0.1) is 0 Å². The maximum absolute atomic E-state index is 12.8. The summed E-state index contributed by atoms with van der Waals surface area (Å²) in [5.74, 6) is -0.614. The number of nitrogens with two attached hydrogens (primary N) is 2. The van der Waals surface area contributed by atoms with Crippen LogP contribution in [0.5, 0.6) is 0 Å². The molecule has 3 aromatic rings. The summed E-state index contributed by atoms with van der Waals surface area (Å²) in [7, 11) is 0. The fourth-order valence-corrected chi connectivity index (χ4v) is 4.56. The number of amides is 2. The number of ether oxygens (including phenoxy) is 1. The number of carbonyl (C=O) groups excluding carboxylic acids is 2. The molecule has 0 saturated carbocycles. The van der Waals surface area contributed by atoms with Crippen molar-refractivity contribution in [1.82, 2.24) is 24.5 Å². The molecule has 1 aromatic carbocycles. The molecule has 0 spiro atoms. The van der Waals surface area contributed by atoms with Crippen molar-refractivity contribution in [3.63, 3.8) is 0 Å². The highest BCUT2D eigenvalue weighted by Gasteiger charge is 2.31. The largest absolute Gasteiger partial charge is 0.444 e. The monoisotopic (exact) mass is 547 g/mol. The van der Waals surface area contributed by atoms with Gasteiger partial charge < -0.3 is 21.1 Å². The van der Waals surface area contributed by atoms with Crippen molar-refractivity contribution >= 4 is 17.8 Å². The predicted octanol–water partition coefficient (Wildman–Crippen LogP) is 4.46. The van der Waals surface area contributed by atoms with E-state index in [1.165, 1.54) is 23.0 Å². The van der Waals surface area contributed by atoms with Crippen LogP contribution in [0.3, 0.4) is 0 Å². The van der Waals surface area contributed by atoms with Crippen LogP contribution in [0, 0.1) is 0 Å². The van der Waals surface area contributed by atoms with Crippen molar-refractivity contribution in [3.05, 3.63) is 53.3 Å². The van der Waals surface area contributed by atoms with E-state index in [9.17, 15) is 22.8 Å². The molecule has 0 aliphatic carbocycles. The number of aromatic nitrogens is 4. The highest BCUT2D eigenvalue weighted by Crippen LogP contribution is 2.33. The van der Waals surface area contributed by atoms with Crippen molar-refractivity contribution in [2.45, 2.75) is 64.4 Å². The lowest BCUT2D eigenvalue weighted by atomic mass is 10.1. The first-order valence-corrected chi connectivity index (χ1v) is 12.6. The molecular formula is C26H32F3N7O3. The average Bonchev–Trinajstić information content (AvgIpc) is 3.33. The third-order valence-corrected chi connectivity index (χ3v) is 6.42. The van der Waals surface area contributed by atoms with E-state index in [1.54, 1.807) is 15.8 Å². The summed E-state index contributed by atoms with van der Waals surface area (Å²) in [5.41, 5.74) is 12.1. The number of hydrogen-bond donors (Lipinski definition) is 2. The molecule has 2 amide bonds. The minimum Gasteiger partial charge on any atom is -0.444 e. The molecule has 1 fully saturated rings. The summed E-state index contributed by atoms with van der Waals surface area (Å²) >= 11 is 0. The van der Waals surface area contributed by atoms with Crippen LogP contribution in [0.1, 0.15) is 67.6 Å². The second-order valence-electron chi connectivity index (χ2n) is 10.6. The molecule has 10 nitrogen and oxygen atoms in total. The van der Waals surface area contributed by atoms with E-state index >= 15 is 0 Å². The Balaban J connectivity index is 1.53. The maximum atomic E-state index is 12.8. The fraction of sp³-hybridized carbons (Fsp3) is 0.462. The van der Waals surface area contributed by atoms with Gasteiger partial charge in [0.2, 0.25) is 0 Å². The number of nitrogens with zero attached hydrogens (tertiary/aromatic N) is 5. The normalized spacial score (nSPS) is 16.7. The fourth-order valence-electron chi connectivity index (χ4n) is 4.56. The molecule has 1 aliphatic rings. The van der Waals surface area contributed by atoms with E-state index in [2.05, 4.69) is 10.2 Å². The molecule has 210 valence electrons. The van der Waals surface area contributed by atoms with Gasteiger partial charge in [0.1, 0.15) is 22.7 Å². The molecule has 4 rings (SSSR count). The van der Waals surface area contributed by atoms with Crippen molar-refractivity contribution in [1.29, 1.82) is 0 Å². The summed E-state index contributed by atoms with van der Waals surface area (Å²) in [5, 5.41) is 8.91. The van der Waals surface area contributed by atoms with Crippen molar-refractivity contribution < 1.29 is 27.5 Å². The number of rotatable bonds is 5. The molecule has 2 aromatic heterocycles. The number of alkyl halides is 3. The lowest BCUT2D eigenvalue weighted by molar-refractivity contribution is -0.137. The third kappa shape index (κ3) is 6.52. The van der Waals surface area contributed by atoms with Gasteiger partial charge in [0.05, 0.1) is 24.3 Å². The molecular weight excluding hydrogens is 515 g/mol. The number of likely N-dealkylation sites (tertiary alicyclic amines) is 1. The first-order valence-electron chi connectivity index (χ1n) is 12.6. The molecule has 0 bridgehead atoms. The number of hydrogen-bond acceptors (Lipinski definition) is 6. The van der Waals surface area contributed by atoms with Crippen LogP contribution in [0.15, 0.2) is 36.7 Å². The van der Waals surface area contributed by atoms with Gasteiger partial charge in [0.25, 0.3) is 5.91 Å². The number of primary amides is 1. The van der Waals surface area contributed by atoms with Gasteiger partial charge in [-0.25, -0.2) is 9.48 Å². The minimum absolute atomic E-state index is 0.0670. The second-order valence-corrected chi connectivity index (χ2v) is 10.6. The number of halogens is 3. The Morgan fingerprint density at radius 1 is 1.10 bits per heavy atom. The third-order valence-electron chi connectivity index (χ3n) is 6.42. The highest BCUT2D eigenvalue weighted by atomic mass is 19.4. The van der Waals surface area contributed by atoms with Crippen molar-refractivity contribution in [3.8, 4) is 11.3 Å². The molecule has 39 heavy (non-hydrogen) atoms. The van der Waals surface area contributed by atoms with Gasteiger partial charge in [-0.2, -0.15) is 23.4 Å². The standard InChI is InChI=1S/C26H32F3N7O3/c1-25(2,3)39-24(38)34-11-4-5-19(10-12-34)36-22(30)20(23(31)37)21(33-36)17-13-32-35(15-17)14-16-6-8-18(9-7-16)26(27,28)29/h6-9,13,15,19H,4-5,10-12,14,30H2,1-3H3,(H2,31,37)/t19-/m0/s1. The van der Waals surface area contributed by atoms with Crippen LogP contribution in [-0.4, -0.2) is 55.2 Å². The molecule has 13 heteroatoms. The number of benzene rings is 1. The zero-order valence-electron chi connectivity index (χ0n) is 22.0. The average molecular weight is 548 g/mol. The lowest BCUT2D eigenvalue weighted by Gasteiger charge is -2.26.